The summed E-state index contributed by atoms with van der Waals surface area (Å²) in [5.74, 6) is 0.938. The number of halogens is 1. The maximum Gasteiger partial charge on any atom is 0.191 e. The van der Waals surface area contributed by atoms with E-state index >= 15 is 0 Å². The van der Waals surface area contributed by atoms with Crippen LogP contribution in [0.1, 0.15) is 33.1 Å². The van der Waals surface area contributed by atoms with Crippen molar-refractivity contribution in [3.05, 3.63) is 0 Å². The molecule has 1 fully saturated rings. The third kappa shape index (κ3) is 9.52. The van der Waals surface area contributed by atoms with Crippen molar-refractivity contribution in [2.75, 3.05) is 59.4 Å². The van der Waals surface area contributed by atoms with E-state index in [1.165, 1.54) is 52.0 Å². The highest BCUT2D eigenvalue weighted by molar-refractivity contribution is 14.0. The molecule has 0 saturated carbocycles. The molecule has 21 heavy (non-hydrogen) atoms. The van der Waals surface area contributed by atoms with Gasteiger partial charge in [0.05, 0.1) is 0 Å². The summed E-state index contributed by atoms with van der Waals surface area (Å²) in [5, 5.41) is 6.77. The molecule has 0 spiro atoms. The van der Waals surface area contributed by atoms with Gasteiger partial charge in [0.15, 0.2) is 5.96 Å². The van der Waals surface area contributed by atoms with Crippen molar-refractivity contribution in [3.63, 3.8) is 0 Å². The van der Waals surface area contributed by atoms with Crippen LogP contribution in [0, 0.1) is 0 Å². The minimum absolute atomic E-state index is 0. The van der Waals surface area contributed by atoms with Crippen LogP contribution in [0.15, 0.2) is 4.99 Å². The lowest BCUT2D eigenvalue weighted by Gasteiger charge is -2.34. The van der Waals surface area contributed by atoms with E-state index in [1.807, 2.05) is 7.05 Å². The van der Waals surface area contributed by atoms with E-state index in [2.05, 4.69) is 39.3 Å². The number of nitrogens with zero attached hydrogens (tertiary/aromatic N) is 3. The molecule has 6 heteroatoms. The van der Waals surface area contributed by atoms with E-state index in [4.69, 9.17) is 0 Å². The van der Waals surface area contributed by atoms with E-state index in [9.17, 15) is 0 Å². The zero-order chi connectivity index (χ0) is 14.6. The standard InChI is InChI=1S/C15H33N5.HI/c1-4-6-7-8-17-15(16-3)18-9-10-20-13-11-19(5-2)12-14-20;/h4-14H2,1-3H3,(H2,16,17,18);1H. The fourth-order valence-corrected chi connectivity index (χ4v) is 2.46. The van der Waals surface area contributed by atoms with Crippen LogP contribution in [0.2, 0.25) is 0 Å². The number of likely N-dealkylation sites (N-methyl/N-ethyl adjacent to an activating group) is 1. The average molecular weight is 411 g/mol. The maximum atomic E-state index is 4.26. The first-order valence-corrected chi connectivity index (χ1v) is 8.19. The second-order valence-electron chi connectivity index (χ2n) is 5.41. The zero-order valence-electron chi connectivity index (χ0n) is 14.0. The van der Waals surface area contributed by atoms with E-state index in [0.29, 0.717) is 0 Å². The van der Waals surface area contributed by atoms with Crippen LogP contribution < -0.4 is 10.6 Å². The smallest absolute Gasteiger partial charge is 0.191 e. The van der Waals surface area contributed by atoms with Gasteiger partial charge in [0.2, 0.25) is 0 Å². The zero-order valence-corrected chi connectivity index (χ0v) is 16.4. The van der Waals surface area contributed by atoms with Crippen molar-refractivity contribution < 1.29 is 0 Å². The molecule has 126 valence electrons. The van der Waals surface area contributed by atoms with Crippen LogP contribution in [0.3, 0.4) is 0 Å². The Labute approximate surface area is 148 Å². The number of rotatable bonds is 8. The number of guanidine groups is 1. The molecule has 0 unspecified atom stereocenters. The molecule has 0 aliphatic carbocycles. The Morgan fingerprint density at radius 2 is 1.57 bits per heavy atom. The van der Waals surface area contributed by atoms with Crippen LogP contribution in [-0.2, 0) is 0 Å². The van der Waals surface area contributed by atoms with Crippen LogP contribution >= 0.6 is 24.0 Å². The maximum absolute atomic E-state index is 4.26. The quantitative estimate of drug-likeness (QED) is 0.276. The molecule has 0 atom stereocenters. The molecule has 1 saturated heterocycles. The Morgan fingerprint density at radius 1 is 0.952 bits per heavy atom. The first kappa shape index (κ1) is 20.9. The molecule has 0 aromatic heterocycles. The molecule has 5 nitrogen and oxygen atoms in total. The third-order valence-electron chi connectivity index (χ3n) is 3.93. The number of unbranched alkanes of at least 4 members (excludes halogenated alkanes) is 2. The third-order valence-corrected chi connectivity index (χ3v) is 3.93. The minimum Gasteiger partial charge on any atom is -0.356 e. The summed E-state index contributed by atoms with van der Waals surface area (Å²) in [7, 11) is 1.84. The molecule has 2 N–H and O–H groups in total. The van der Waals surface area contributed by atoms with Crippen molar-refractivity contribution >= 4 is 29.9 Å². The van der Waals surface area contributed by atoms with Gasteiger partial charge in [0, 0.05) is 52.9 Å². The van der Waals surface area contributed by atoms with Crippen molar-refractivity contribution in [2.45, 2.75) is 33.1 Å². The number of piperazine rings is 1. The van der Waals surface area contributed by atoms with Crippen molar-refractivity contribution in [1.29, 1.82) is 0 Å². The first-order chi connectivity index (χ1) is 9.80. The van der Waals surface area contributed by atoms with E-state index in [1.54, 1.807) is 0 Å². The second-order valence-corrected chi connectivity index (χ2v) is 5.41. The number of hydrogen-bond donors (Lipinski definition) is 2. The van der Waals surface area contributed by atoms with Crippen LogP contribution in [0.25, 0.3) is 0 Å². The normalized spacial score (nSPS) is 17.4. The average Bonchev–Trinajstić information content (AvgIpc) is 2.50. The molecule has 0 radical (unpaired) electrons. The Kier molecular flexibility index (Phi) is 13.5. The van der Waals surface area contributed by atoms with Crippen molar-refractivity contribution in [3.8, 4) is 0 Å². The summed E-state index contributed by atoms with van der Waals surface area (Å²) in [6, 6.07) is 0. The fourth-order valence-electron chi connectivity index (χ4n) is 2.46. The minimum atomic E-state index is 0. The van der Waals surface area contributed by atoms with Crippen LogP contribution in [-0.4, -0.2) is 75.2 Å². The lowest BCUT2D eigenvalue weighted by molar-refractivity contribution is 0.139. The Morgan fingerprint density at radius 3 is 2.14 bits per heavy atom. The topological polar surface area (TPSA) is 42.9 Å². The summed E-state index contributed by atoms with van der Waals surface area (Å²) in [5.41, 5.74) is 0. The van der Waals surface area contributed by atoms with E-state index in [0.717, 1.165) is 25.6 Å². The van der Waals surface area contributed by atoms with Crippen LogP contribution in [0.5, 0.6) is 0 Å². The summed E-state index contributed by atoms with van der Waals surface area (Å²) < 4.78 is 0. The van der Waals surface area contributed by atoms with Crippen LogP contribution in [0.4, 0.5) is 0 Å². The molecule has 1 heterocycles. The summed E-state index contributed by atoms with van der Waals surface area (Å²) in [6.45, 7) is 13.5. The molecular weight excluding hydrogens is 377 g/mol. The number of hydrogen-bond acceptors (Lipinski definition) is 3. The Hall–Kier alpha value is -0.0800. The van der Waals surface area contributed by atoms with Gasteiger partial charge in [-0.25, -0.2) is 0 Å². The molecule has 1 aliphatic heterocycles. The van der Waals surface area contributed by atoms with Gasteiger partial charge in [-0.3, -0.25) is 9.89 Å². The van der Waals surface area contributed by atoms with Crippen molar-refractivity contribution in [1.82, 2.24) is 20.4 Å². The molecule has 1 rings (SSSR count). The van der Waals surface area contributed by atoms with E-state index in [-0.39, 0.29) is 24.0 Å². The number of aliphatic imine (C=N–C) groups is 1. The predicted octanol–water partition coefficient (Wildman–Crippen LogP) is 1.60. The van der Waals surface area contributed by atoms with Gasteiger partial charge in [-0.2, -0.15) is 0 Å². The van der Waals surface area contributed by atoms with Gasteiger partial charge in [-0.05, 0) is 13.0 Å². The highest BCUT2D eigenvalue weighted by Crippen LogP contribution is 1.99. The highest BCUT2D eigenvalue weighted by Gasteiger charge is 2.14. The molecule has 1 aliphatic rings. The number of nitrogens with one attached hydrogen (secondary N) is 2. The van der Waals surface area contributed by atoms with Gasteiger partial charge in [0.25, 0.3) is 0 Å². The molecule has 0 amide bonds. The Bertz CT molecular complexity index is 265. The van der Waals surface area contributed by atoms with Gasteiger partial charge < -0.3 is 15.5 Å². The lowest BCUT2D eigenvalue weighted by Crippen LogP contribution is -2.49. The van der Waals surface area contributed by atoms with Gasteiger partial charge in [0.1, 0.15) is 0 Å². The van der Waals surface area contributed by atoms with Crippen molar-refractivity contribution in [2.24, 2.45) is 4.99 Å². The molecule has 0 aromatic carbocycles. The largest absolute Gasteiger partial charge is 0.356 e. The SMILES string of the molecule is CCCCCNC(=NC)NCCN1CCN(CC)CC1.I. The monoisotopic (exact) mass is 411 g/mol. The lowest BCUT2D eigenvalue weighted by atomic mass is 10.2. The summed E-state index contributed by atoms with van der Waals surface area (Å²) in [4.78, 5) is 9.30. The fraction of sp³-hybridized carbons (Fsp3) is 0.933. The van der Waals surface area contributed by atoms with Gasteiger partial charge in [-0.15, -0.1) is 24.0 Å². The molecule has 0 aromatic rings. The first-order valence-electron chi connectivity index (χ1n) is 8.19. The van der Waals surface area contributed by atoms with Gasteiger partial charge >= 0.3 is 0 Å². The van der Waals surface area contributed by atoms with Gasteiger partial charge in [-0.1, -0.05) is 26.7 Å². The van der Waals surface area contributed by atoms with E-state index < -0.39 is 0 Å². The summed E-state index contributed by atoms with van der Waals surface area (Å²) in [6.07, 6.45) is 3.76. The Balaban J connectivity index is 0.00000400. The highest BCUT2D eigenvalue weighted by atomic mass is 127. The summed E-state index contributed by atoms with van der Waals surface area (Å²) >= 11 is 0. The molecular formula is C15H34IN5. The second kappa shape index (κ2) is 13.6. The predicted molar refractivity (Wildman–Crippen MR) is 103 cm³/mol. The molecule has 0 bridgehead atoms.